The second-order valence-corrected chi connectivity index (χ2v) is 4.89. The first-order chi connectivity index (χ1) is 6.84. The summed E-state index contributed by atoms with van der Waals surface area (Å²) in [6.45, 7) is 0. The Hall–Kier alpha value is -0.620. The first-order valence-electron chi connectivity index (χ1n) is 4.05. The average molecular weight is 314 g/mol. The van der Waals surface area contributed by atoms with Crippen LogP contribution in [0.2, 0.25) is 0 Å². The second-order valence-electron chi connectivity index (χ2n) is 2.60. The molecule has 0 radical (unpaired) electrons. The van der Waals surface area contributed by atoms with Crippen LogP contribution in [0.3, 0.4) is 0 Å². The summed E-state index contributed by atoms with van der Waals surface area (Å²) < 4.78 is 1.06. The number of aromatic nitrogens is 2. The quantitative estimate of drug-likeness (QED) is 0.629. The van der Waals surface area contributed by atoms with Crippen LogP contribution >= 0.6 is 34.4 Å². The average Bonchev–Trinajstić information content (AvgIpc) is 2.23. The van der Waals surface area contributed by atoms with Crippen LogP contribution in [-0.4, -0.2) is 9.97 Å². The van der Waals surface area contributed by atoms with Crippen molar-refractivity contribution >= 4 is 34.4 Å². The number of rotatable bonds is 2. The zero-order chi connectivity index (χ0) is 9.80. The molecule has 0 fully saturated rings. The van der Waals surface area contributed by atoms with Gasteiger partial charge in [-0.1, -0.05) is 18.2 Å². The molecular formula is C10H7IN2S. The van der Waals surface area contributed by atoms with E-state index in [4.69, 9.17) is 0 Å². The van der Waals surface area contributed by atoms with E-state index in [1.165, 1.54) is 0 Å². The largest absolute Gasteiger partial charge is 0.230 e. The molecule has 0 atom stereocenters. The van der Waals surface area contributed by atoms with Crippen LogP contribution in [0.1, 0.15) is 0 Å². The van der Waals surface area contributed by atoms with Crippen molar-refractivity contribution in [2.75, 3.05) is 0 Å². The van der Waals surface area contributed by atoms with Crippen LogP contribution in [0.4, 0.5) is 0 Å². The Morgan fingerprint density at radius 1 is 1.00 bits per heavy atom. The standard InChI is InChI=1S/C10H7IN2S/c11-8-6-12-10(13-7-8)14-9-4-2-1-3-5-9/h1-7H. The molecule has 0 unspecified atom stereocenters. The van der Waals surface area contributed by atoms with Crippen molar-refractivity contribution in [3.8, 4) is 0 Å². The third-order valence-electron chi connectivity index (χ3n) is 1.55. The molecule has 0 aliphatic rings. The van der Waals surface area contributed by atoms with Gasteiger partial charge >= 0.3 is 0 Å². The highest BCUT2D eigenvalue weighted by atomic mass is 127. The molecule has 2 aromatic rings. The van der Waals surface area contributed by atoms with Gasteiger partial charge in [0, 0.05) is 20.9 Å². The molecule has 1 heterocycles. The highest BCUT2D eigenvalue weighted by molar-refractivity contribution is 14.1. The van der Waals surface area contributed by atoms with Crippen molar-refractivity contribution < 1.29 is 0 Å². The van der Waals surface area contributed by atoms with Crippen LogP contribution < -0.4 is 0 Å². The van der Waals surface area contributed by atoms with Crippen LogP contribution in [0.25, 0.3) is 0 Å². The molecule has 70 valence electrons. The van der Waals surface area contributed by atoms with Crippen LogP contribution in [-0.2, 0) is 0 Å². The zero-order valence-corrected chi connectivity index (χ0v) is 10.2. The van der Waals surface area contributed by atoms with Gasteiger partial charge < -0.3 is 0 Å². The summed E-state index contributed by atoms with van der Waals surface area (Å²) in [5.74, 6) is 0. The predicted octanol–water partition coefficient (Wildman–Crippen LogP) is 3.23. The third-order valence-corrected chi connectivity index (χ3v) is 3.01. The minimum absolute atomic E-state index is 0.789. The topological polar surface area (TPSA) is 25.8 Å². The molecule has 0 aliphatic heterocycles. The minimum atomic E-state index is 0.789. The highest BCUT2D eigenvalue weighted by Crippen LogP contribution is 2.23. The highest BCUT2D eigenvalue weighted by Gasteiger charge is 1.98. The van der Waals surface area contributed by atoms with Crippen LogP contribution in [0.15, 0.2) is 52.8 Å². The van der Waals surface area contributed by atoms with E-state index in [0.717, 1.165) is 13.6 Å². The molecule has 0 spiro atoms. The molecule has 2 nitrogen and oxygen atoms in total. The number of hydrogen-bond acceptors (Lipinski definition) is 3. The number of nitrogens with zero attached hydrogens (tertiary/aromatic N) is 2. The van der Waals surface area contributed by atoms with E-state index in [9.17, 15) is 0 Å². The maximum absolute atomic E-state index is 4.22. The van der Waals surface area contributed by atoms with Crippen LogP contribution in [0.5, 0.6) is 0 Å². The molecule has 1 aromatic heterocycles. The molecule has 2 rings (SSSR count). The van der Waals surface area contributed by atoms with Crippen LogP contribution in [0, 0.1) is 3.57 Å². The molecular weight excluding hydrogens is 307 g/mol. The summed E-state index contributed by atoms with van der Waals surface area (Å²) in [7, 11) is 0. The Kier molecular flexibility index (Phi) is 3.36. The molecule has 0 aliphatic carbocycles. The predicted molar refractivity (Wildman–Crippen MR) is 65.3 cm³/mol. The minimum Gasteiger partial charge on any atom is -0.230 e. The summed E-state index contributed by atoms with van der Waals surface area (Å²) in [5.41, 5.74) is 0. The summed E-state index contributed by atoms with van der Waals surface area (Å²) in [4.78, 5) is 9.60. The molecule has 14 heavy (non-hydrogen) atoms. The molecule has 4 heteroatoms. The van der Waals surface area contributed by atoms with E-state index < -0.39 is 0 Å². The van der Waals surface area contributed by atoms with Crippen molar-refractivity contribution in [1.29, 1.82) is 0 Å². The van der Waals surface area contributed by atoms with Gasteiger partial charge in [-0.15, -0.1) is 0 Å². The lowest BCUT2D eigenvalue weighted by atomic mass is 10.4. The van der Waals surface area contributed by atoms with Gasteiger partial charge in [-0.05, 0) is 46.5 Å². The molecule has 0 amide bonds. The van der Waals surface area contributed by atoms with Gasteiger partial charge in [0.05, 0.1) is 0 Å². The molecule has 0 N–H and O–H groups in total. The van der Waals surface area contributed by atoms with E-state index in [1.54, 1.807) is 11.8 Å². The van der Waals surface area contributed by atoms with Gasteiger partial charge in [-0.3, -0.25) is 0 Å². The Balaban J connectivity index is 2.16. The Labute approximate surface area is 100 Å². The SMILES string of the molecule is Ic1cnc(Sc2ccccc2)nc1. The fourth-order valence-corrected chi connectivity index (χ4v) is 1.94. The van der Waals surface area contributed by atoms with Gasteiger partial charge in [-0.2, -0.15) is 0 Å². The monoisotopic (exact) mass is 314 g/mol. The van der Waals surface area contributed by atoms with Crippen molar-refractivity contribution in [1.82, 2.24) is 9.97 Å². The fraction of sp³-hybridized carbons (Fsp3) is 0. The fourth-order valence-electron chi connectivity index (χ4n) is 0.947. The molecule has 0 saturated carbocycles. The van der Waals surface area contributed by atoms with Gasteiger partial charge in [-0.25, -0.2) is 9.97 Å². The van der Waals surface area contributed by atoms with Crippen molar-refractivity contribution in [3.05, 3.63) is 46.3 Å². The second kappa shape index (κ2) is 4.75. The van der Waals surface area contributed by atoms with Crippen molar-refractivity contribution in [3.63, 3.8) is 0 Å². The number of halogens is 1. The maximum Gasteiger partial charge on any atom is 0.192 e. The molecule has 0 saturated heterocycles. The van der Waals surface area contributed by atoms with Gasteiger partial charge in [0.1, 0.15) is 0 Å². The first kappa shape index (κ1) is 9.92. The smallest absolute Gasteiger partial charge is 0.192 e. The van der Waals surface area contributed by atoms with Gasteiger partial charge in [0.2, 0.25) is 0 Å². The first-order valence-corrected chi connectivity index (χ1v) is 5.94. The number of benzene rings is 1. The summed E-state index contributed by atoms with van der Waals surface area (Å²) in [6.07, 6.45) is 3.64. The normalized spacial score (nSPS) is 10.1. The third kappa shape index (κ3) is 2.68. The maximum atomic E-state index is 4.22. The molecule has 0 bridgehead atoms. The lowest BCUT2D eigenvalue weighted by Gasteiger charge is -1.98. The summed E-state index contributed by atoms with van der Waals surface area (Å²) >= 11 is 3.76. The van der Waals surface area contributed by atoms with E-state index in [2.05, 4.69) is 32.6 Å². The van der Waals surface area contributed by atoms with Gasteiger partial charge in [0.15, 0.2) is 5.16 Å². The van der Waals surface area contributed by atoms with Gasteiger partial charge in [0.25, 0.3) is 0 Å². The zero-order valence-electron chi connectivity index (χ0n) is 7.22. The molecule has 1 aromatic carbocycles. The van der Waals surface area contributed by atoms with Crippen molar-refractivity contribution in [2.24, 2.45) is 0 Å². The Bertz CT molecular complexity index is 402. The van der Waals surface area contributed by atoms with E-state index in [1.807, 2.05) is 42.7 Å². The lowest BCUT2D eigenvalue weighted by Crippen LogP contribution is -1.85. The Morgan fingerprint density at radius 3 is 2.29 bits per heavy atom. The van der Waals surface area contributed by atoms with E-state index in [-0.39, 0.29) is 0 Å². The van der Waals surface area contributed by atoms with E-state index >= 15 is 0 Å². The summed E-state index contributed by atoms with van der Waals surface area (Å²) in [6, 6.07) is 10.1. The summed E-state index contributed by atoms with van der Waals surface area (Å²) in [5, 5.41) is 0.789. The Morgan fingerprint density at radius 2 is 1.64 bits per heavy atom. The number of hydrogen-bond donors (Lipinski definition) is 0. The van der Waals surface area contributed by atoms with E-state index in [0.29, 0.717) is 0 Å². The van der Waals surface area contributed by atoms with Crippen molar-refractivity contribution in [2.45, 2.75) is 10.1 Å². The lowest BCUT2D eigenvalue weighted by molar-refractivity contribution is 0.957.